The molecule has 1 aromatic rings. The number of ketones is 2. The maximum Gasteiger partial charge on any atom is 0.313 e. The number of benzene rings is 1. The second kappa shape index (κ2) is 9.42. The molecule has 0 radical (unpaired) electrons. The molecule has 0 spiro atoms. The zero-order valence-corrected chi connectivity index (χ0v) is 17.5. The van der Waals surface area contributed by atoms with E-state index >= 15 is 0 Å². The SMILES string of the molecule is O=C(CC(=O)OCc1ccccc1)C[C@H]1CC(=O)[C@@H]2[C@H](CO)C[C@@H]3CCCC[C@H]3[C@H]12. The molecule has 0 aliphatic heterocycles. The highest BCUT2D eigenvalue weighted by Gasteiger charge is 2.54. The molecule has 1 N–H and O–H groups in total. The molecule has 3 aliphatic carbocycles. The van der Waals surface area contributed by atoms with Gasteiger partial charge in [0.2, 0.25) is 0 Å². The fraction of sp³-hybridized carbons (Fsp3) is 0.640. The number of esters is 1. The Morgan fingerprint density at radius 1 is 1.07 bits per heavy atom. The van der Waals surface area contributed by atoms with E-state index in [0.717, 1.165) is 18.4 Å². The fourth-order valence-electron chi connectivity index (χ4n) is 6.51. The van der Waals surface area contributed by atoms with Crippen molar-refractivity contribution in [3.8, 4) is 0 Å². The second-order valence-corrected chi connectivity index (χ2v) is 9.49. The largest absolute Gasteiger partial charge is 0.460 e. The van der Waals surface area contributed by atoms with E-state index in [2.05, 4.69) is 0 Å². The minimum atomic E-state index is -0.503. The number of hydrogen-bond acceptors (Lipinski definition) is 5. The summed E-state index contributed by atoms with van der Waals surface area (Å²) in [4.78, 5) is 37.6. The zero-order valence-electron chi connectivity index (χ0n) is 17.5. The minimum Gasteiger partial charge on any atom is -0.460 e. The van der Waals surface area contributed by atoms with Gasteiger partial charge in [0.15, 0.2) is 0 Å². The molecule has 4 rings (SSSR count). The van der Waals surface area contributed by atoms with E-state index in [1.165, 1.54) is 19.3 Å². The van der Waals surface area contributed by atoms with Crippen molar-refractivity contribution in [1.29, 1.82) is 0 Å². The van der Waals surface area contributed by atoms with Crippen molar-refractivity contribution in [1.82, 2.24) is 0 Å². The van der Waals surface area contributed by atoms with Crippen LogP contribution in [0, 0.1) is 35.5 Å². The Labute approximate surface area is 178 Å². The Bertz CT molecular complexity index is 773. The van der Waals surface area contributed by atoms with Gasteiger partial charge in [0.25, 0.3) is 0 Å². The average molecular weight is 413 g/mol. The number of rotatable bonds is 7. The Morgan fingerprint density at radius 2 is 1.83 bits per heavy atom. The molecule has 3 aliphatic rings. The predicted octanol–water partition coefficient (Wildman–Crippen LogP) is 3.72. The first kappa shape index (κ1) is 21.2. The molecule has 3 fully saturated rings. The van der Waals surface area contributed by atoms with E-state index in [1.54, 1.807) is 0 Å². The van der Waals surface area contributed by atoms with Crippen LogP contribution >= 0.6 is 0 Å². The number of carbonyl (C=O) groups is 3. The van der Waals surface area contributed by atoms with Crippen molar-refractivity contribution in [3.63, 3.8) is 0 Å². The third kappa shape index (κ3) is 4.51. The van der Waals surface area contributed by atoms with Crippen LogP contribution in [0.2, 0.25) is 0 Å². The van der Waals surface area contributed by atoms with Crippen LogP contribution in [0.15, 0.2) is 30.3 Å². The van der Waals surface area contributed by atoms with Gasteiger partial charge >= 0.3 is 5.97 Å². The highest BCUT2D eigenvalue weighted by atomic mass is 16.5. The second-order valence-electron chi connectivity index (χ2n) is 9.49. The Morgan fingerprint density at radius 3 is 2.60 bits per heavy atom. The Kier molecular flexibility index (Phi) is 6.67. The molecule has 0 bridgehead atoms. The monoisotopic (exact) mass is 412 g/mol. The topological polar surface area (TPSA) is 80.7 Å². The third-order valence-corrected chi connectivity index (χ3v) is 7.68. The summed E-state index contributed by atoms with van der Waals surface area (Å²) in [6.07, 6.45) is 6.12. The molecule has 0 aromatic heterocycles. The van der Waals surface area contributed by atoms with Gasteiger partial charge in [-0.15, -0.1) is 0 Å². The van der Waals surface area contributed by atoms with E-state index in [4.69, 9.17) is 4.74 Å². The molecular formula is C25H32O5. The molecular weight excluding hydrogens is 380 g/mol. The van der Waals surface area contributed by atoms with Crippen LogP contribution in [-0.2, 0) is 25.7 Å². The molecule has 1 aromatic carbocycles. The molecule has 30 heavy (non-hydrogen) atoms. The van der Waals surface area contributed by atoms with Crippen LogP contribution in [-0.4, -0.2) is 29.2 Å². The highest BCUT2D eigenvalue weighted by Crippen LogP contribution is 2.56. The van der Waals surface area contributed by atoms with Crippen molar-refractivity contribution in [2.24, 2.45) is 35.5 Å². The lowest BCUT2D eigenvalue weighted by Gasteiger charge is -2.47. The summed E-state index contributed by atoms with van der Waals surface area (Å²) >= 11 is 0. The number of aliphatic hydroxyl groups is 1. The normalized spacial score (nSPS) is 32.9. The summed E-state index contributed by atoms with van der Waals surface area (Å²) in [6.45, 7) is 0.226. The fourth-order valence-corrected chi connectivity index (χ4v) is 6.51. The van der Waals surface area contributed by atoms with Crippen molar-refractivity contribution < 1.29 is 24.2 Å². The standard InChI is InChI=1S/C25H32O5/c26-14-19-10-17-8-4-5-9-21(17)24-18(12-22(28)25(19)24)11-20(27)13-23(29)30-15-16-6-2-1-3-7-16/h1-3,6-7,17-19,21,24-26H,4-5,8-15H2/t17-,18-,19-,21+,24-,25-/m0/s1. The van der Waals surface area contributed by atoms with Crippen molar-refractivity contribution in [2.45, 2.75) is 58.0 Å². The van der Waals surface area contributed by atoms with Gasteiger partial charge in [0.1, 0.15) is 24.6 Å². The maximum absolute atomic E-state index is 12.8. The summed E-state index contributed by atoms with van der Waals surface area (Å²) in [7, 11) is 0. The molecule has 0 saturated heterocycles. The number of aliphatic hydroxyl groups excluding tert-OH is 1. The smallest absolute Gasteiger partial charge is 0.313 e. The molecule has 6 atom stereocenters. The molecule has 0 heterocycles. The number of fused-ring (bicyclic) bond motifs is 3. The van der Waals surface area contributed by atoms with Crippen molar-refractivity contribution in [3.05, 3.63) is 35.9 Å². The molecule has 0 amide bonds. The summed E-state index contributed by atoms with van der Waals surface area (Å²) < 4.78 is 5.25. The van der Waals surface area contributed by atoms with Crippen LogP contribution in [0.5, 0.6) is 0 Å². The summed E-state index contributed by atoms with van der Waals surface area (Å²) in [5.74, 6) is 0.775. The number of Topliss-reactive ketones (excluding diaryl/α,β-unsaturated/α-hetero) is 2. The lowest BCUT2D eigenvalue weighted by Crippen LogP contribution is -2.44. The third-order valence-electron chi connectivity index (χ3n) is 7.68. The molecule has 5 heteroatoms. The number of carbonyl (C=O) groups excluding carboxylic acids is 3. The van der Waals surface area contributed by atoms with E-state index in [1.807, 2.05) is 30.3 Å². The Hall–Kier alpha value is -2.01. The lowest BCUT2D eigenvalue weighted by molar-refractivity contribution is -0.147. The molecule has 162 valence electrons. The van der Waals surface area contributed by atoms with Gasteiger partial charge < -0.3 is 9.84 Å². The summed E-state index contributed by atoms with van der Waals surface area (Å²) in [6, 6.07) is 9.41. The summed E-state index contributed by atoms with van der Waals surface area (Å²) in [5, 5.41) is 9.91. The van der Waals surface area contributed by atoms with E-state index in [0.29, 0.717) is 18.3 Å². The van der Waals surface area contributed by atoms with E-state index in [-0.39, 0.29) is 61.3 Å². The van der Waals surface area contributed by atoms with Crippen molar-refractivity contribution in [2.75, 3.05) is 6.61 Å². The van der Waals surface area contributed by atoms with Gasteiger partial charge in [-0.05, 0) is 48.0 Å². The molecule has 0 unspecified atom stereocenters. The number of hydrogen-bond donors (Lipinski definition) is 1. The van der Waals surface area contributed by atoms with Crippen LogP contribution in [0.3, 0.4) is 0 Å². The van der Waals surface area contributed by atoms with Gasteiger partial charge in [-0.3, -0.25) is 14.4 Å². The van der Waals surface area contributed by atoms with Crippen LogP contribution in [0.1, 0.15) is 56.9 Å². The van der Waals surface area contributed by atoms with Gasteiger partial charge in [0, 0.05) is 25.4 Å². The van der Waals surface area contributed by atoms with E-state index < -0.39 is 5.97 Å². The minimum absolute atomic E-state index is 0.0110. The van der Waals surface area contributed by atoms with E-state index in [9.17, 15) is 19.5 Å². The average Bonchev–Trinajstić information content (AvgIpc) is 3.08. The van der Waals surface area contributed by atoms with Crippen LogP contribution < -0.4 is 0 Å². The quantitative estimate of drug-likeness (QED) is 0.545. The van der Waals surface area contributed by atoms with Gasteiger partial charge in [-0.25, -0.2) is 0 Å². The van der Waals surface area contributed by atoms with Crippen LogP contribution in [0.25, 0.3) is 0 Å². The first-order valence-electron chi connectivity index (χ1n) is 11.4. The molecule has 5 nitrogen and oxygen atoms in total. The zero-order chi connectivity index (χ0) is 21.1. The first-order valence-corrected chi connectivity index (χ1v) is 11.4. The van der Waals surface area contributed by atoms with Crippen LogP contribution in [0.4, 0.5) is 0 Å². The number of ether oxygens (including phenoxy) is 1. The Balaban J connectivity index is 1.36. The van der Waals surface area contributed by atoms with Gasteiger partial charge in [-0.1, -0.05) is 49.6 Å². The summed E-state index contributed by atoms with van der Waals surface area (Å²) in [5.41, 5.74) is 0.892. The van der Waals surface area contributed by atoms with Gasteiger partial charge in [-0.2, -0.15) is 0 Å². The van der Waals surface area contributed by atoms with Gasteiger partial charge in [0.05, 0.1) is 0 Å². The van der Waals surface area contributed by atoms with Crippen molar-refractivity contribution >= 4 is 17.5 Å². The predicted molar refractivity (Wildman–Crippen MR) is 111 cm³/mol. The lowest BCUT2D eigenvalue weighted by atomic mass is 9.57. The molecule has 3 saturated carbocycles. The highest BCUT2D eigenvalue weighted by molar-refractivity contribution is 5.96. The maximum atomic E-state index is 12.8. The first-order chi connectivity index (χ1) is 14.6.